The Balaban J connectivity index is 2.30. The van der Waals surface area contributed by atoms with Crippen LogP contribution in [0.1, 0.15) is 0 Å². The van der Waals surface area contributed by atoms with Crippen molar-refractivity contribution < 1.29 is 0 Å². The summed E-state index contributed by atoms with van der Waals surface area (Å²) in [5, 5.41) is 8.88. The maximum atomic E-state index is 4.61. The molecular formula is C19H21N5S. The highest BCUT2D eigenvalue weighted by molar-refractivity contribution is 7.80. The first kappa shape index (κ1) is 17.2. The van der Waals surface area contributed by atoms with Gasteiger partial charge in [0.25, 0.3) is 0 Å². The molecule has 0 unspecified atom stereocenters. The Morgan fingerprint density at radius 2 is 1.16 bits per heavy atom. The van der Waals surface area contributed by atoms with Gasteiger partial charge >= 0.3 is 0 Å². The molecule has 1 aromatic heterocycles. The summed E-state index contributed by atoms with van der Waals surface area (Å²) >= 11 is 4.31. The molecule has 3 aromatic rings. The van der Waals surface area contributed by atoms with E-state index in [0.29, 0.717) is 5.16 Å². The Bertz CT molecular complexity index is 892. The van der Waals surface area contributed by atoms with Crippen molar-refractivity contribution in [1.29, 1.82) is 0 Å². The molecular weight excluding hydrogens is 330 g/mol. The molecule has 0 aliphatic heterocycles. The van der Waals surface area contributed by atoms with Crippen molar-refractivity contribution in [3.63, 3.8) is 0 Å². The van der Waals surface area contributed by atoms with Gasteiger partial charge in [-0.3, -0.25) is 0 Å². The van der Waals surface area contributed by atoms with Crippen LogP contribution in [-0.4, -0.2) is 43.4 Å². The summed E-state index contributed by atoms with van der Waals surface area (Å²) in [4.78, 5) is 8.74. The average molecular weight is 351 g/mol. The first-order valence-electron chi connectivity index (χ1n) is 7.96. The molecule has 128 valence electrons. The van der Waals surface area contributed by atoms with Crippen molar-refractivity contribution in [3.05, 3.63) is 48.5 Å². The highest BCUT2D eigenvalue weighted by Gasteiger charge is 2.19. The van der Waals surface area contributed by atoms with Gasteiger partial charge in [-0.25, -0.2) is 4.98 Å². The molecule has 0 saturated carbocycles. The third kappa shape index (κ3) is 3.44. The van der Waals surface area contributed by atoms with Gasteiger partial charge in [-0.2, -0.15) is 0 Å². The van der Waals surface area contributed by atoms with E-state index in [1.54, 1.807) is 0 Å². The predicted molar refractivity (Wildman–Crippen MR) is 107 cm³/mol. The summed E-state index contributed by atoms with van der Waals surface area (Å²) in [5.41, 5.74) is 5.65. The van der Waals surface area contributed by atoms with Crippen LogP contribution in [0.3, 0.4) is 0 Å². The highest BCUT2D eigenvalue weighted by atomic mass is 32.1. The molecule has 3 rings (SSSR count). The van der Waals surface area contributed by atoms with E-state index in [1.165, 1.54) is 0 Å². The smallest absolute Gasteiger partial charge is 0.206 e. The first-order chi connectivity index (χ1) is 12.0. The van der Waals surface area contributed by atoms with E-state index in [0.717, 1.165) is 33.9 Å². The Kier molecular flexibility index (Phi) is 4.90. The number of rotatable bonds is 4. The van der Waals surface area contributed by atoms with Crippen LogP contribution in [0.15, 0.2) is 53.7 Å². The van der Waals surface area contributed by atoms with Gasteiger partial charge in [0, 0.05) is 50.7 Å². The molecule has 0 aliphatic carbocycles. The van der Waals surface area contributed by atoms with Crippen LogP contribution < -0.4 is 9.80 Å². The molecule has 0 fully saturated rings. The zero-order valence-electron chi connectivity index (χ0n) is 14.8. The topological polar surface area (TPSA) is 45.2 Å². The molecule has 0 amide bonds. The van der Waals surface area contributed by atoms with E-state index in [4.69, 9.17) is 0 Å². The van der Waals surface area contributed by atoms with Gasteiger partial charge in [0.2, 0.25) is 5.16 Å². The minimum absolute atomic E-state index is 0.356. The monoisotopic (exact) mass is 351 g/mol. The maximum absolute atomic E-state index is 4.61. The van der Waals surface area contributed by atoms with Crippen LogP contribution in [0.4, 0.5) is 11.4 Å². The number of aromatic nitrogens is 3. The molecule has 0 N–H and O–H groups in total. The quantitative estimate of drug-likeness (QED) is 0.727. The average Bonchev–Trinajstić information content (AvgIpc) is 2.61. The lowest BCUT2D eigenvalue weighted by atomic mass is 10.0. The number of anilines is 2. The minimum Gasteiger partial charge on any atom is -0.377 e. The summed E-state index contributed by atoms with van der Waals surface area (Å²) in [6.45, 7) is 0. The third-order valence-corrected chi connectivity index (χ3v) is 4.15. The van der Waals surface area contributed by atoms with Crippen molar-refractivity contribution >= 4 is 24.0 Å². The number of hydrogen-bond acceptors (Lipinski definition) is 6. The molecule has 2 aromatic carbocycles. The molecule has 0 spiro atoms. The SMILES string of the molecule is CN(C)c1ccccc1-c1nnc(S)nc1-c1ccccc1N(C)C. The van der Waals surface area contributed by atoms with Crippen LogP contribution in [0.2, 0.25) is 0 Å². The largest absolute Gasteiger partial charge is 0.377 e. The number of nitrogens with zero attached hydrogens (tertiary/aromatic N) is 5. The Morgan fingerprint density at radius 1 is 0.680 bits per heavy atom. The second kappa shape index (κ2) is 7.11. The molecule has 0 bridgehead atoms. The number of thiol groups is 1. The summed E-state index contributed by atoms with van der Waals surface area (Å²) in [6.07, 6.45) is 0. The van der Waals surface area contributed by atoms with E-state index >= 15 is 0 Å². The zero-order valence-corrected chi connectivity index (χ0v) is 15.7. The predicted octanol–water partition coefficient (Wildman–Crippen LogP) is 3.63. The first-order valence-corrected chi connectivity index (χ1v) is 8.41. The lowest BCUT2D eigenvalue weighted by Crippen LogP contribution is -2.12. The number of benzene rings is 2. The fraction of sp³-hybridized carbons (Fsp3) is 0.211. The molecule has 6 heteroatoms. The second-order valence-corrected chi connectivity index (χ2v) is 6.53. The van der Waals surface area contributed by atoms with Crippen LogP contribution in [-0.2, 0) is 0 Å². The zero-order chi connectivity index (χ0) is 18.0. The molecule has 0 aliphatic rings. The van der Waals surface area contributed by atoms with Crippen molar-refractivity contribution in [2.75, 3.05) is 38.0 Å². The van der Waals surface area contributed by atoms with Crippen LogP contribution >= 0.6 is 12.6 Å². The summed E-state index contributed by atoms with van der Waals surface area (Å²) in [5.74, 6) is 0. The van der Waals surface area contributed by atoms with Gasteiger partial charge in [0.05, 0.1) is 0 Å². The number of para-hydroxylation sites is 2. The van der Waals surface area contributed by atoms with Gasteiger partial charge in [-0.1, -0.05) is 36.4 Å². The molecule has 0 radical (unpaired) electrons. The molecule has 5 nitrogen and oxygen atoms in total. The Morgan fingerprint density at radius 3 is 1.68 bits per heavy atom. The summed E-state index contributed by atoms with van der Waals surface area (Å²) < 4.78 is 0. The lowest BCUT2D eigenvalue weighted by Gasteiger charge is -2.20. The minimum atomic E-state index is 0.356. The third-order valence-electron chi connectivity index (χ3n) is 3.96. The molecule has 25 heavy (non-hydrogen) atoms. The van der Waals surface area contributed by atoms with Crippen molar-refractivity contribution in [1.82, 2.24) is 15.2 Å². The molecule has 0 saturated heterocycles. The highest BCUT2D eigenvalue weighted by Crippen LogP contribution is 2.37. The van der Waals surface area contributed by atoms with E-state index in [1.807, 2.05) is 64.6 Å². The fourth-order valence-corrected chi connectivity index (χ4v) is 2.96. The lowest BCUT2D eigenvalue weighted by molar-refractivity contribution is 0.854. The maximum Gasteiger partial charge on any atom is 0.206 e. The summed E-state index contributed by atoms with van der Waals surface area (Å²) in [7, 11) is 8.06. The van der Waals surface area contributed by atoms with Crippen LogP contribution in [0.25, 0.3) is 22.5 Å². The van der Waals surface area contributed by atoms with Gasteiger partial charge in [-0.05, 0) is 12.1 Å². The van der Waals surface area contributed by atoms with Crippen molar-refractivity contribution in [2.24, 2.45) is 0 Å². The van der Waals surface area contributed by atoms with E-state index in [2.05, 4.69) is 49.7 Å². The van der Waals surface area contributed by atoms with Crippen LogP contribution in [0, 0.1) is 0 Å². The normalized spacial score (nSPS) is 10.6. The van der Waals surface area contributed by atoms with Crippen molar-refractivity contribution in [2.45, 2.75) is 5.16 Å². The van der Waals surface area contributed by atoms with Crippen molar-refractivity contribution in [3.8, 4) is 22.5 Å². The van der Waals surface area contributed by atoms with Gasteiger partial charge in [0.15, 0.2) is 0 Å². The Hall–Kier alpha value is -2.60. The van der Waals surface area contributed by atoms with Crippen LogP contribution in [0.5, 0.6) is 0 Å². The van der Waals surface area contributed by atoms with Gasteiger partial charge in [-0.15, -0.1) is 22.8 Å². The number of hydrogen-bond donors (Lipinski definition) is 1. The summed E-state index contributed by atoms with van der Waals surface area (Å²) in [6, 6.07) is 16.3. The molecule has 1 heterocycles. The molecule has 0 atom stereocenters. The fourth-order valence-electron chi connectivity index (χ4n) is 2.81. The standard InChI is InChI=1S/C19H21N5S/c1-23(2)15-11-7-5-9-13(15)17-18(21-22-19(25)20-17)14-10-6-8-12-16(14)24(3)4/h5-12H,1-4H3,(H,20,22,25). The Labute approximate surface area is 153 Å². The second-order valence-electron chi connectivity index (χ2n) is 6.13. The van der Waals surface area contributed by atoms with E-state index in [9.17, 15) is 0 Å². The van der Waals surface area contributed by atoms with E-state index < -0.39 is 0 Å². The van der Waals surface area contributed by atoms with Gasteiger partial charge < -0.3 is 9.80 Å². The van der Waals surface area contributed by atoms with E-state index in [-0.39, 0.29) is 0 Å². The van der Waals surface area contributed by atoms with Gasteiger partial charge in [0.1, 0.15) is 11.4 Å².